The first kappa shape index (κ1) is 10.7. The van der Waals surface area contributed by atoms with E-state index in [1.807, 2.05) is 24.3 Å². The Hall–Kier alpha value is -0.380. The third kappa shape index (κ3) is 3.46. The summed E-state index contributed by atoms with van der Waals surface area (Å²) in [7, 11) is 0. The van der Waals surface area contributed by atoms with E-state index in [-0.39, 0.29) is 19.1 Å². The molecule has 1 rings (SSSR count). The van der Waals surface area contributed by atoms with Crippen LogP contribution in [-0.4, -0.2) is 23.4 Å². The van der Waals surface area contributed by atoms with E-state index in [1.54, 1.807) is 0 Å². The third-order valence-electron chi connectivity index (χ3n) is 1.93. The number of halogens is 1. The molecule has 0 atom stereocenters. The number of aliphatic hydroxyl groups is 2. The second-order valence-electron chi connectivity index (χ2n) is 3.07. The highest BCUT2D eigenvalue weighted by molar-refractivity contribution is 9.10. The lowest BCUT2D eigenvalue weighted by Crippen LogP contribution is -2.13. The molecule has 0 aliphatic carbocycles. The molecule has 0 radical (unpaired) electrons. The van der Waals surface area contributed by atoms with Crippen LogP contribution < -0.4 is 0 Å². The van der Waals surface area contributed by atoms with Gasteiger partial charge in [-0.1, -0.05) is 28.1 Å². The molecule has 0 aromatic heterocycles. The fourth-order valence-corrected chi connectivity index (χ4v) is 1.63. The van der Waals surface area contributed by atoms with Crippen molar-refractivity contribution in [1.29, 1.82) is 0 Å². The second kappa shape index (κ2) is 5.37. The van der Waals surface area contributed by atoms with Crippen LogP contribution in [0, 0.1) is 5.92 Å². The lowest BCUT2D eigenvalue weighted by Gasteiger charge is -2.10. The van der Waals surface area contributed by atoms with Crippen molar-refractivity contribution in [3.63, 3.8) is 0 Å². The topological polar surface area (TPSA) is 40.5 Å². The summed E-state index contributed by atoms with van der Waals surface area (Å²) in [6.07, 6.45) is 0.715. The third-order valence-corrected chi connectivity index (χ3v) is 2.42. The molecule has 0 amide bonds. The lowest BCUT2D eigenvalue weighted by atomic mass is 10.0. The standard InChI is InChI=1S/C10H13BrO2/c11-10-3-1-2-8(5-10)4-9(6-12)7-13/h1-3,5,9,12-13H,4,6-7H2. The van der Waals surface area contributed by atoms with Gasteiger partial charge < -0.3 is 10.2 Å². The molecular weight excluding hydrogens is 232 g/mol. The van der Waals surface area contributed by atoms with Gasteiger partial charge >= 0.3 is 0 Å². The summed E-state index contributed by atoms with van der Waals surface area (Å²) in [5.74, 6) is -0.0469. The van der Waals surface area contributed by atoms with Crippen LogP contribution in [0.4, 0.5) is 0 Å². The van der Waals surface area contributed by atoms with Crippen molar-refractivity contribution < 1.29 is 10.2 Å². The Morgan fingerprint density at radius 2 is 1.92 bits per heavy atom. The number of benzene rings is 1. The smallest absolute Gasteiger partial charge is 0.0484 e. The largest absolute Gasteiger partial charge is 0.396 e. The van der Waals surface area contributed by atoms with E-state index in [0.717, 1.165) is 10.0 Å². The molecular formula is C10H13BrO2. The van der Waals surface area contributed by atoms with Crippen LogP contribution in [0.3, 0.4) is 0 Å². The Bertz CT molecular complexity index is 259. The predicted molar refractivity (Wildman–Crippen MR) is 55.5 cm³/mol. The molecule has 0 heterocycles. The average molecular weight is 245 g/mol. The Labute approximate surface area is 86.3 Å². The molecule has 0 unspecified atom stereocenters. The van der Waals surface area contributed by atoms with Crippen molar-refractivity contribution >= 4 is 15.9 Å². The molecule has 0 aliphatic heterocycles. The van der Waals surface area contributed by atoms with Gasteiger partial charge in [0.2, 0.25) is 0 Å². The van der Waals surface area contributed by atoms with Crippen LogP contribution in [0.2, 0.25) is 0 Å². The number of hydrogen-bond donors (Lipinski definition) is 2. The van der Waals surface area contributed by atoms with Crippen molar-refractivity contribution in [1.82, 2.24) is 0 Å². The van der Waals surface area contributed by atoms with Crippen molar-refractivity contribution in [2.24, 2.45) is 5.92 Å². The molecule has 2 nitrogen and oxygen atoms in total. The van der Waals surface area contributed by atoms with Crippen LogP contribution in [0.1, 0.15) is 5.56 Å². The Balaban J connectivity index is 2.62. The van der Waals surface area contributed by atoms with Gasteiger partial charge in [-0.3, -0.25) is 0 Å². The van der Waals surface area contributed by atoms with Gasteiger partial charge in [0, 0.05) is 23.6 Å². The number of hydrogen-bond acceptors (Lipinski definition) is 2. The molecule has 13 heavy (non-hydrogen) atoms. The zero-order valence-corrected chi connectivity index (χ0v) is 8.87. The second-order valence-corrected chi connectivity index (χ2v) is 3.98. The molecule has 0 bridgehead atoms. The van der Waals surface area contributed by atoms with Crippen LogP contribution in [0.25, 0.3) is 0 Å². The molecule has 0 saturated heterocycles. The average Bonchev–Trinajstić information content (AvgIpc) is 2.14. The first-order valence-corrected chi connectivity index (χ1v) is 5.01. The Morgan fingerprint density at radius 1 is 1.23 bits per heavy atom. The first-order chi connectivity index (χ1) is 6.26. The number of rotatable bonds is 4. The molecule has 1 aromatic rings. The van der Waals surface area contributed by atoms with Crippen molar-refractivity contribution in [2.45, 2.75) is 6.42 Å². The van der Waals surface area contributed by atoms with E-state index in [4.69, 9.17) is 10.2 Å². The van der Waals surface area contributed by atoms with Gasteiger partial charge in [-0.15, -0.1) is 0 Å². The fourth-order valence-electron chi connectivity index (χ4n) is 1.18. The highest BCUT2D eigenvalue weighted by atomic mass is 79.9. The van der Waals surface area contributed by atoms with Crippen LogP contribution >= 0.6 is 15.9 Å². The molecule has 0 fully saturated rings. The molecule has 1 aromatic carbocycles. The Morgan fingerprint density at radius 3 is 2.46 bits per heavy atom. The predicted octanol–water partition coefficient (Wildman–Crippen LogP) is 1.59. The van der Waals surface area contributed by atoms with Crippen molar-refractivity contribution in [3.8, 4) is 0 Å². The minimum Gasteiger partial charge on any atom is -0.396 e. The van der Waals surface area contributed by atoms with Crippen LogP contribution in [-0.2, 0) is 6.42 Å². The van der Waals surface area contributed by atoms with E-state index >= 15 is 0 Å². The van der Waals surface area contributed by atoms with Gasteiger partial charge in [0.15, 0.2) is 0 Å². The van der Waals surface area contributed by atoms with E-state index < -0.39 is 0 Å². The minimum absolute atomic E-state index is 0.0308. The maximum atomic E-state index is 8.88. The van der Waals surface area contributed by atoms with Gasteiger partial charge in [0.05, 0.1) is 0 Å². The maximum absolute atomic E-state index is 8.88. The van der Waals surface area contributed by atoms with Gasteiger partial charge in [-0.05, 0) is 24.1 Å². The lowest BCUT2D eigenvalue weighted by molar-refractivity contribution is 0.150. The minimum atomic E-state index is -0.0469. The summed E-state index contributed by atoms with van der Waals surface area (Å²) in [6, 6.07) is 7.89. The normalized spacial score (nSPS) is 10.8. The molecule has 72 valence electrons. The zero-order valence-electron chi connectivity index (χ0n) is 7.28. The van der Waals surface area contributed by atoms with Gasteiger partial charge in [-0.2, -0.15) is 0 Å². The number of aliphatic hydroxyl groups excluding tert-OH is 2. The summed E-state index contributed by atoms with van der Waals surface area (Å²) >= 11 is 3.37. The highest BCUT2D eigenvalue weighted by Gasteiger charge is 2.06. The summed E-state index contributed by atoms with van der Waals surface area (Å²) in [5.41, 5.74) is 1.13. The highest BCUT2D eigenvalue weighted by Crippen LogP contribution is 2.14. The monoisotopic (exact) mass is 244 g/mol. The van der Waals surface area contributed by atoms with E-state index in [1.165, 1.54) is 0 Å². The molecule has 0 aliphatic rings. The first-order valence-electron chi connectivity index (χ1n) is 4.22. The Kier molecular flexibility index (Phi) is 4.42. The SMILES string of the molecule is OCC(CO)Cc1cccc(Br)c1. The summed E-state index contributed by atoms with van der Waals surface area (Å²) < 4.78 is 1.03. The maximum Gasteiger partial charge on any atom is 0.0484 e. The molecule has 0 saturated carbocycles. The fraction of sp³-hybridized carbons (Fsp3) is 0.400. The molecule has 3 heteroatoms. The molecule has 2 N–H and O–H groups in total. The molecule has 0 spiro atoms. The van der Waals surface area contributed by atoms with Crippen molar-refractivity contribution in [3.05, 3.63) is 34.3 Å². The summed E-state index contributed by atoms with van der Waals surface area (Å²) in [4.78, 5) is 0. The van der Waals surface area contributed by atoms with E-state index in [2.05, 4.69) is 15.9 Å². The quantitative estimate of drug-likeness (QED) is 0.845. The zero-order chi connectivity index (χ0) is 9.68. The van der Waals surface area contributed by atoms with E-state index in [9.17, 15) is 0 Å². The van der Waals surface area contributed by atoms with Crippen molar-refractivity contribution in [2.75, 3.05) is 13.2 Å². The summed E-state index contributed by atoms with van der Waals surface area (Å²) in [5, 5.41) is 17.8. The van der Waals surface area contributed by atoms with Gasteiger partial charge in [0.1, 0.15) is 0 Å². The van der Waals surface area contributed by atoms with Crippen LogP contribution in [0.15, 0.2) is 28.7 Å². The van der Waals surface area contributed by atoms with Gasteiger partial charge in [-0.25, -0.2) is 0 Å². The van der Waals surface area contributed by atoms with Crippen LogP contribution in [0.5, 0.6) is 0 Å². The summed E-state index contributed by atoms with van der Waals surface area (Å²) in [6.45, 7) is 0.0615. The van der Waals surface area contributed by atoms with E-state index in [0.29, 0.717) is 6.42 Å². The van der Waals surface area contributed by atoms with Gasteiger partial charge in [0.25, 0.3) is 0 Å².